The van der Waals surface area contributed by atoms with Gasteiger partial charge in [0, 0.05) is 25.4 Å². The second kappa shape index (κ2) is 5.10. The highest BCUT2D eigenvalue weighted by atomic mass is 16.5. The molecule has 0 aliphatic carbocycles. The third kappa shape index (κ3) is 2.21. The van der Waals surface area contributed by atoms with E-state index in [1.54, 1.807) is 0 Å². The van der Waals surface area contributed by atoms with Crippen molar-refractivity contribution in [1.82, 2.24) is 5.32 Å². The van der Waals surface area contributed by atoms with Crippen molar-refractivity contribution in [3.8, 4) is 0 Å². The summed E-state index contributed by atoms with van der Waals surface area (Å²) in [5.41, 5.74) is 0.558. The summed E-state index contributed by atoms with van der Waals surface area (Å²) < 4.78 is 11.7. The van der Waals surface area contributed by atoms with Crippen molar-refractivity contribution in [1.29, 1.82) is 0 Å². The van der Waals surface area contributed by atoms with Crippen LogP contribution in [0.3, 0.4) is 0 Å². The van der Waals surface area contributed by atoms with Crippen LogP contribution < -0.4 is 5.32 Å². The van der Waals surface area contributed by atoms with Gasteiger partial charge in [-0.25, -0.2) is 0 Å². The fourth-order valence-electron chi connectivity index (χ4n) is 4.36. The second-order valence-electron chi connectivity index (χ2n) is 6.37. The average molecular weight is 253 g/mol. The molecule has 0 aromatic rings. The van der Waals surface area contributed by atoms with E-state index >= 15 is 0 Å². The topological polar surface area (TPSA) is 30.5 Å². The summed E-state index contributed by atoms with van der Waals surface area (Å²) in [5.74, 6) is 0.803. The van der Waals surface area contributed by atoms with Gasteiger partial charge in [0.1, 0.15) is 0 Å². The minimum atomic E-state index is 0.146. The van der Waals surface area contributed by atoms with Crippen molar-refractivity contribution in [2.24, 2.45) is 5.92 Å². The summed E-state index contributed by atoms with van der Waals surface area (Å²) in [6, 6.07) is 0. The number of ether oxygens (including phenoxy) is 2. The molecular weight excluding hydrogens is 226 g/mol. The van der Waals surface area contributed by atoms with Crippen molar-refractivity contribution in [3.63, 3.8) is 0 Å². The Labute approximate surface area is 111 Å². The smallest absolute Gasteiger partial charge is 0.0729 e. The summed E-state index contributed by atoms with van der Waals surface area (Å²) >= 11 is 0. The van der Waals surface area contributed by atoms with E-state index in [0.29, 0.717) is 5.54 Å². The quantitative estimate of drug-likeness (QED) is 0.820. The molecule has 3 aliphatic rings. The molecule has 0 aromatic heterocycles. The molecule has 3 fully saturated rings. The summed E-state index contributed by atoms with van der Waals surface area (Å²) in [5, 5.41) is 3.82. The average Bonchev–Trinajstić information content (AvgIpc) is 2.90. The first-order valence-corrected chi connectivity index (χ1v) is 7.75. The third-order valence-electron chi connectivity index (χ3n) is 5.59. The highest BCUT2D eigenvalue weighted by Crippen LogP contribution is 2.44. The van der Waals surface area contributed by atoms with Gasteiger partial charge in [-0.1, -0.05) is 6.92 Å². The minimum absolute atomic E-state index is 0.146. The number of nitrogens with one attached hydrogen (secondary N) is 1. The SMILES string of the molecule is CCC1(C2CCOC3(CCOCC3)C2)CCCN1. The van der Waals surface area contributed by atoms with E-state index < -0.39 is 0 Å². The highest BCUT2D eigenvalue weighted by Gasteiger charge is 2.47. The van der Waals surface area contributed by atoms with Gasteiger partial charge in [0.05, 0.1) is 5.60 Å². The Bertz CT molecular complexity index is 275. The van der Waals surface area contributed by atoms with E-state index in [1.807, 2.05) is 0 Å². The Morgan fingerprint density at radius 2 is 2.00 bits per heavy atom. The fraction of sp³-hybridized carbons (Fsp3) is 1.00. The largest absolute Gasteiger partial charge is 0.381 e. The first kappa shape index (κ1) is 12.9. The van der Waals surface area contributed by atoms with Crippen LogP contribution in [0.25, 0.3) is 0 Å². The van der Waals surface area contributed by atoms with E-state index in [2.05, 4.69) is 12.2 Å². The predicted octanol–water partition coefficient (Wildman–Crippen LogP) is 2.49. The Hall–Kier alpha value is -0.120. The molecule has 3 heterocycles. The van der Waals surface area contributed by atoms with Gasteiger partial charge in [-0.2, -0.15) is 0 Å². The zero-order valence-electron chi connectivity index (χ0n) is 11.7. The van der Waals surface area contributed by atoms with Gasteiger partial charge in [-0.15, -0.1) is 0 Å². The van der Waals surface area contributed by atoms with Crippen molar-refractivity contribution < 1.29 is 9.47 Å². The van der Waals surface area contributed by atoms with Crippen LogP contribution >= 0.6 is 0 Å². The van der Waals surface area contributed by atoms with E-state index in [4.69, 9.17) is 9.47 Å². The van der Waals surface area contributed by atoms with Crippen LogP contribution in [-0.4, -0.2) is 37.5 Å². The molecule has 2 unspecified atom stereocenters. The fourth-order valence-corrected chi connectivity index (χ4v) is 4.36. The monoisotopic (exact) mass is 253 g/mol. The lowest BCUT2D eigenvalue weighted by Gasteiger charge is -2.49. The maximum absolute atomic E-state index is 6.18. The summed E-state index contributed by atoms with van der Waals surface area (Å²) in [7, 11) is 0. The Morgan fingerprint density at radius 1 is 1.17 bits per heavy atom. The molecule has 3 heteroatoms. The Kier molecular flexibility index (Phi) is 3.65. The molecule has 0 bridgehead atoms. The van der Waals surface area contributed by atoms with Crippen LogP contribution in [0.15, 0.2) is 0 Å². The van der Waals surface area contributed by atoms with Gasteiger partial charge in [-0.05, 0) is 57.4 Å². The van der Waals surface area contributed by atoms with Gasteiger partial charge < -0.3 is 14.8 Å². The molecule has 0 saturated carbocycles. The summed E-state index contributed by atoms with van der Waals surface area (Å²) in [4.78, 5) is 0. The lowest BCUT2D eigenvalue weighted by molar-refractivity contribution is -0.155. The van der Waals surface area contributed by atoms with Gasteiger partial charge >= 0.3 is 0 Å². The maximum Gasteiger partial charge on any atom is 0.0729 e. The normalized spacial score (nSPS) is 40.2. The lowest BCUT2D eigenvalue weighted by atomic mass is 9.70. The standard InChI is InChI=1S/C15H27NO2/c1-2-15(5-3-8-16-15)13-4-9-18-14(12-13)6-10-17-11-7-14/h13,16H,2-12H2,1H3. The van der Waals surface area contributed by atoms with Gasteiger partial charge in [0.2, 0.25) is 0 Å². The van der Waals surface area contributed by atoms with Crippen LogP contribution in [0, 0.1) is 5.92 Å². The molecular formula is C15H27NO2. The van der Waals surface area contributed by atoms with E-state index in [9.17, 15) is 0 Å². The van der Waals surface area contributed by atoms with Gasteiger partial charge in [0.15, 0.2) is 0 Å². The minimum Gasteiger partial charge on any atom is -0.381 e. The van der Waals surface area contributed by atoms with Crippen LogP contribution in [0.5, 0.6) is 0 Å². The molecule has 104 valence electrons. The number of hydrogen-bond acceptors (Lipinski definition) is 3. The third-order valence-corrected chi connectivity index (χ3v) is 5.59. The molecule has 1 N–H and O–H groups in total. The second-order valence-corrected chi connectivity index (χ2v) is 6.37. The van der Waals surface area contributed by atoms with Gasteiger partial charge in [-0.3, -0.25) is 0 Å². The van der Waals surface area contributed by atoms with Crippen molar-refractivity contribution in [2.45, 2.75) is 63.0 Å². The van der Waals surface area contributed by atoms with Crippen LogP contribution in [-0.2, 0) is 9.47 Å². The van der Waals surface area contributed by atoms with E-state index in [-0.39, 0.29) is 5.60 Å². The number of hydrogen-bond donors (Lipinski definition) is 1. The van der Waals surface area contributed by atoms with Gasteiger partial charge in [0.25, 0.3) is 0 Å². The molecule has 0 radical (unpaired) electrons. The van der Waals surface area contributed by atoms with E-state index in [1.165, 1.54) is 38.6 Å². The first-order valence-electron chi connectivity index (χ1n) is 7.75. The molecule has 1 spiro atoms. The zero-order chi connectivity index (χ0) is 12.5. The molecule has 3 saturated heterocycles. The molecule has 3 aliphatic heterocycles. The molecule has 3 rings (SSSR count). The van der Waals surface area contributed by atoms with Crippen molar-refractivity contribution in [2.75, 3.05) is 26.4 Å². The lowest BCUT2D eigenvalue weighted by Crippen LogP contribution is -2.54. The van der Waals surface area contributed by atoms with E-state index in [0.717, 1.165) is 38.6 Å². The molecule has 0 amide bonds. The Balaban J connectivity index is 1.72. The number of rotatable bonds is 2. The van der Waals surface area contributed by atoms with Crippen molar-refractivity contribution >= 4 is 0 Å². The van der Waals surface area contributed by atoms with Crippen molar-refractivity contribution in [3.05, 3.63) is 0 Å². The predicted molar refractivity (Wildman–Crippen MR) is 71.7 cm³/mol. The zero-order valence-corrected chi connectivity index (χ0v) is 11.7. The summed E-state index contributed by atoms with van der Waals surface area (Å²) in [6.45, 7) is 6.29. The van der Waals surface area contributed by atoms with Crippen LogP contribution in [0.1, 0.15) is 51.9 Å². The highest BCUT2D eigenvalue weighted by molar-refractivity contribution is 5.02. The molecule has 3 nitrogen and oxygen atoms in total. The summed E-state index contributed by atoms with van der Waals surface area (Å²) in [6.07, 6.45) is 8.67. The molecule has 2 atom stereocenters. The molecule has 0 aromatic carbocycles. The first-order chi connectivity index (χ1) is 8.79. The Morgan fingerprint density at radius 3 is 2.67 bits per heavy atom. The molecule has 18 heavy (non-hydrogen) atoms. The van der Waals surface area contributed by atoms with Crippen LogP contribution in [0.2, 0.25) is 0 Å². The van der Waals surface area contributed by atoms with Crippen LogP contribution in [0.4, 0.5) is 0 Å². The maximum atomic E-state index is 6.18.